The molecule has 0 bridgehead atoms. The Morgan fingerprint density at radius 1 is 1.44 bits per heavy atom. The highest BCUT2D eigenvalue weighted by atomic mass is 79.9. The number of rotatable bonds is 3. The first kappa shape index (κ1) is 11.6. The quantitative estimate of drug-likeness (QED) is 0.798. The third-order valence-corrected chi connectivity index (χ3v) is 3.52. The number of nitrogens with zero attached hydrogens (tertiary/aromatic N) is 1. The minimum absolute atomic E-state index is 0.0652. The van der Waals surface area contributed by atoms with Crippen LogP contribution in [0, 0.1) is 5.92 Å². The summed E-state index contributed by atoms with van der Waals surface area (Å²) in [6.45, 7) is 0. The second-order valence-corrected chi connectivity index (χ2v) is 4.93. The first-order valence-electron chi connectivity index (χ1n) is 5.20. The van der Waals surface area contributed by atoms with Crippen molar-refractivity contribution in [1.82, 2.24) is 5.06 Å². The molecule has 86 valence electrons. The first-order valence-corrected chi connectivity index (χ1v) is 6.00. The maximum Gasteiger partial charge on any atom is 0.249 e. The summed E-state index contributed by atoms with van der Waals surface area (Å²) in [7, 11) is 3.16. The fraction of sp³-hybridized carbons (Fsp3) is 0.417. The lowest BCUT2D eigenvalue weighted by Gasteiger charge is -2.13. The molecule has 1 aliphatic carbocycles. The Morgan fingerprint density at radius 2 is 2.06 bits per heavy atom. The zero-order valence-electron chi connectivity index (χ0n) is 9.31. The number of carbonyl (C=O) groups excluding carboxylic acids is 1. The summed E-state index contributed by atoms with van der Waals surface area (Å²) >= 11 is 3.40. The van der Waals surface area contributed by atoms with E-state index in [1.807, 2.05) is 12.1 Å². The Balaban J connectivity index is 2.01. The highest BCUT2D eigenvalue weighted by Crippen LogP contribution is 2.48. The van der Waals surface area contributed by atoms with Crippen molar-refractivity contribution in [3.05, 3.63) is 34.3 Å². The molecule has 1 aliphatic rings. The zero-order valence-corrected chi connectivity index (χ0v) is 10.9. The summed E-state index contributed by atoms with van der Waals surface area (Å²) < 4.78 is 1.06. The van der Waals surface area contributed by atoms with Crippen molar-refractivity contribution in [1.29, 1.82) is 0 Å². The summed E-state index contributed by atoms with van der Waals surface area (Å²) in [5, 5.41) is 1.31. The van der Waals surface area contributed by atoms with Crippen molar-refractivity contribution in [2.24, 2.45) is 5.92 Å². The standard InChI is InChI=1S/C12H14BrNO2/c1-14(16-2)12(15)11-7-10(11)8-3-5-9(13)6-4-8/h3-6,10-11H,7H2,1-2H3. The summed E-state index contributed by atoms with van der Waals surface area (Å²) in [5.41, 5.74) is 1.23. The van der Waals surface area contributed by atoms with E-state index in [9.17, 15) is 4.79 Å². The van der Waals surface area contributed by atoms with Gasteiger partial charge in [-0.25, -0.2) is 5.06 Å². The highest BCUT2D eigenvalue weighted by molar-refractivity contribution is 9.10. The van der Waals surface area contributed by atoms with Crippen LogP contribution in [-0.2, 0) is 9.63 Å². The predicted molar refractivity (Wildman–Crippen MR) is 64.8 cm³/mol. The van der Waals surface area contributed by atoms with Crippen LogP contribution in [0.2, 0.25) is 0 Å². The van der Waals surface area contributed by atoms with E-state index in [1.165, 1.54) is 17.7 Å². The molecule has 0 aliphatic heterocycles. The van der Waals surface area contributed by atoms with Crippen molar-refractivity contribution in [3.63, 3.8) is 0 Å². The number of halogens is 1. The largest absolute Gasteiger partial charge is 0.275 e. The molecular weight excluding hydrogens is 270 g/mol. The van der Waals surface area contributed by atoms with Gasteiger partial charge in [0, 0.05) is 17.4 Å². The van der Waals surface area contributed by atoms with Crippen molar-refractivity contribution < 1.29 is 9.63 Å². The van der Waals surface area contributed by atoms with Crippen LogP contribution in [0.25, 0.3) is 0 Å². The van der Waals surface area contributed by atoms with Gasteiger partial charge in [-0.05, 0) is 30.0 Å². The van der Waals surface area contributed by atoms with E-state index in [4.69, 9.17) is 4.84 Å². The fourth-order valence-corrected chi connectivity index (χ4v) is 2.13. The molecule has 1 aromatic rings. The smallest absolute Gasteiger partial charge is 0.249 e. The van der Waals surface area contributed by atoms with Gasteiger partial charge in [0.25, 0.3) is 0 Å². The van der Waals surface area contributed by atoms with E-state index < -0.39 is 0 Å². The van der Waals surface area contributed by atoms with Gasteiger partial charge in [-0.15, -0.1) is 0 Å². The van der Waals surface area contributed by atoms with E-state index in [1.54, 1.807) is 7.05 Å². The molecule has 0 spiro atoms. The molecule has 0 radical (unpaired) electrons. The van der Waals surface area contributed by atoms with Crippen LogP contribution in [0.1, 0.15) is 17.9 Å². The summed E-state index contributed by atoms with van der Waals surface area (Å²) in [4.78, 5) is 16.7. The Morgan fingerprint density at radius 3 is 2.62 bits per heavy atom. The van der Waals surface area contributed by atoms with E-state index in [2.05, 4.69) is 28.1 Å². The average Bonchev–Trinajstić information content (AvgIpc) is 3.08. The molecule has 1 amide bonds. The fourth-order valence-electron chi connectivity index (χ4n) is 1.87. The number of hydroxylamine groups is 2. The molecule has 3 nitrogen and oxygen atoms in total. The number of carbonyl (C=O) groups is 1. The predicted octanol–water partition coefficient (Wildman–Crippen LogP) is 2.57. The van der Waals surface area contributed by atoms with E-state index >= 15 is 0 Å². The molecule has 1 saturated carbocycles. The van der Waals surface area contributed by atoms with Gasteiger partial charge < -0.3 is 0 Å². The number of hydrogen-bond acceptors (Lipinski definition) is 2. The van der Waals surface area contributed by atoms with Gasteiger partial charge >= 0.3 is 0 Å². The van der Waals surface area contributed by atoms with Crippen LogP contribution in [0.4, 0.5) is 0 Å². The lowest BCUT2D eigenvalue weighted by molar-refractivity contribution is -0.170. The third kappa shape index (κ3) is 2.28. The second kappa shape index (κ2) is 4.55. The lowest BCUT2D eigenvalue weighted by Crippen LogP contribution is -2.27. The summed E-state index contributed by atoms with van der Waals surface area (Å²) in [6, 6.07) is 8.15. The van der Waals surface area contributed by atoms with E-state index in [0.717, 1.165) is 10.9 Å². The van der Waals surface area contributed by atoms with Crippen molar-refractivity contribution >= 4 is 21.8 Å². The van der Waals surface area contributed by atoms with Crippen LogP contribution in [0.3, 0.4) is 0 Å². The number of amides is 1. The monoisotopic (exact) mass is 283 g/mol. The Kier molecular flexibility index (Phi) is 3.30. The molecule has 1 aromatic carbocycles. The normalized spacial score (nSPS) is 22.9. The van der Waals surface area contributed by atoms with Crippen LogP contribution in [-0.4, -0.2) is 25.1 Å². The zero-order chi connectivity index (χ0) is 11.7. The lowest BCUT2D eigenvalue weighted by atomic mass is 10.1. The Hall–Kier alpha value is -0.870. The average molecular weight is 284 g/mol. The SMILES string of the molecule is CON(C)C(=O)C1CC1c1ccc(Br)cc1. The molecule has 0 saturated heterocycles. The molecule has 1 fully saturated rings. The van der Waals surface area contributed by atoms with Crippen molar-refractivity contribution in [3.8, 4) is 0 Å². The molecule has 0 aromatic heterocycles. The van der Waals surface area contributed by atoms with Crippen LogP contribution in [0.15, 0.2) is 28.7 Å². The second-order valence-electron chi connectivity index (χ2n) is 4.02. The Bertz CT molecular complexity index is 391. The summed E-state index contributed by atoms with van der Waals surface area (Å²) in [5.74, 6) is 0.514. The van der Waals surface area contributed by atoms with Gasteiger partial charge in [0.15, 0.2) is 0 Å². The highest BCUT2D eigenvalue weighted by Gasteiger charge is 2.45. The number of benzene rings is 1. The van der Waals surface area contributed by atoms with Crippen LogP contribution >= 0.6 is 15.9 Å². The van der Waals surface area contributed by atoms with Gasteiger partial charge in [-0.3, -0.25) is 9.63 Å². The van der Waals surface area contributed by atoms with Crippen LogP contribution in [0.5, 0.6) is 0 Å². The van der Waals surface area contributed by atoms with Gasteiger partial charge in [-0.2, -0.15) is 0 Å². The Labute approximate surface area is 103 Å². The molecule has 0 heterocycles. The molecule has 2 atom stereocenters. The van der Waals surface area contributed by atoms with Crippen molar-refractivity contribution in [2.45, 2.75) is 12.3 Å². The minimum Gasteiger partial charge on any atom is -0.275 e. The topological polar surface area (TPSA) is 29.5 Å². The summed E-state index contributed by atoms with van der Waals surface area (Å²) in [6.07, 6.45) is 0.925. The van der Waals surface area contributed by atoms with E-state index in [-0.39, 0.29) is 11.8 Å². The molecule has 0 N–H and O–H groups in total. The van der Waals surface area contributed by atoms with Gasteiger partial charge in [0.05, 0.1) is 7.11 Å². The van der Waals surface area contributed by atoms with Gasteiger partial charge in [-0.1, -0.05) is 28.1 Å². The van der Waals surface area contributed by atoms with Crippen LogP contribution < -0.4 is 0 Å². The molecule has 2 unspecified atom stereocenters. The third-order valence-electron chi connectivity index (χ3n) is 2.99. The maximum atomic E-state index is 11.8. The van der Waals surface area contributed by atoms with Gasteiger partial charge in [0.2, 0.25) is 5.91 Å². The van der Waals surface area contributed by atoms with Gasteiger partial charge in [0.1, 0.15) is 0 Å². The maximum absolute atomic E-state index is 11.8. The first-order chi connectivity index (χ1) is 7.63. The van der Waals surface area contributed by atoms with E-state index in [0.29, 0.717) is 5.92 Å². The molecule has 2 rings (SSSR count). The molecular formula is C12H14BrNO2. The van der Waals surface area contributed by atoms with Crippen molar-refractivity contribution in [2.75, 3.05) is 14.2 Å². The number of hydrogen-bond donors (Lipinski definition) is 0. The minimum atomic E-state index is 0.0652. The molecule has 4 heteroatoms. The molecule has 16 heavy (non-hydrogen) atoms.